The van der Waals surface area contributed by atoms with Crippen LogP contribution in [0.15, 0.2) is 36.5 Å². The first-order chi connectivity index (χ1) is 14.6. The molecule has 3 aliphatic rings. The molecule has 158 valence electrons. The highest BCUT2D eigenvalue weighted by molar-refractivity contribution is 6.30. The minimum atomic E-state index is -1.18. The van der Waals surface area contributed by atoms with Crippen LogP contribution in [-0.2, 0) is 16.1 Å². The number of aliphatic hydroxyl groups excluding tert-OH is 1. The third-order valence-electron chi connectivity index (χ3n) is 5.93. The maximum atomic E-state index is 12.7. The van der Waals surface area contributed by atoms with Gasteiger partial charge in [-0.3, -0.25) is 4.79 Å². The van der Waals surface area contributed by atoms with Crippen LogP contribution in [-0.4, -0.2) is 66.0 Å². The van der Waals surface area contributed by atoms with Crippen LogP contribution in [0.3, 0.4) is 0 Å². The first-order valence-corrected chi connectivity index (χ1v) is 10.5. The van der Waals surface area contributed by atoms with E-state index in [1.165, 1.54) is 11.1 Å². The number of halogens is 1. The Bertz CT molecular complexity index is 958. The van der Waals surface area contributed by atoms with Crippen molar-refractivity contribution in [1.82, 2.24) is 15.2 Å². The van der Waals surface area contributed by atoms with E-state index in [-0.39, 0.29) is 24.7 Å². The van der Waals surface area contributed by atoms with Crippen LogP contribution in [0.25, 0.3) is 0 Å². The maximum absolute atomic E-state index is 12.7. The first kappa shape index (κ1) is 19.6. The van der Waals surface area contributed by atoms with E-state index in [9.17, 15) is 9.90 Å². The summed E-state index contributed by atoms with van der Waals surface area (Å²) in [7, 11) is 0. The fourth-order valence-corrected chi connectivity index (χ4v) is 4.57. The lowest BCUT2D eigenvalue weighted by Crippen LogP contribution is -2.57. The molecule has 4 heterocycles. The molecule has 30 heavy (non-hydrogen) atoms. The van der Waals surface area contributed by atoms with Crippen molar-refractivity contribution in [2.45, 2.75) is 24.9 Å². The van der Waals surface area contributed by atoms with Gasteiger partial charge in [0.2, 0.25) is 0 Å². The van der Waals surface area contributed by atoms with E-state index >= 15 is 0 Å². The van der Waals surface area contributed by atoms with Crippen molar-refractivity contribution >= 4 is 29.0 Å². The lowest BCUT2D eigenvalue weighted by atomic mass is 10.1. The molecule has 8 nitrogen and oxygen atoms in total. The summed E-state index contributed by atoms with van der Waals surface area (Å²) < 4.78 is 5.69. The summed E-state index contributed by atoms with van der Waals surface area (Å²) >= 11 is 6.03. The summed E-state index contributed by atoms with van der Waals surface area (Å²) in [4.78, 5) is 20.9. The van der Waals surface area contributed by atoms with E-state index < -0.39 is 6.10 Å². The van der Waals surface area contributed by atoms with Crippen molar-refractivity contribution in [1.29, 1.82) is 0 Å². The Labute approximate surface area is 179 Å². The SMILES string of the molecule is O=C(C(O)COCC1NCc2ccccc21)N1CCN2c3ncc(Cl)cc3NC2C1. The molecule has 1 aromatic carbocycles. The molecule has 0 saturated carbocycles. The van der Waals surface area contributed by atoms with E-state index in [0.717, 1.165) is 18.1 Å². The third kappa shape index (κ3) is 3.60. The van der Waals surface area contributed by atoms with Crippen molar-refractivity contribution in [2.75, 3.05) is 43.1 Å². The summed E-state index contributed by atoms with van der Waals surface area (Å²) in [6.45, 7) is 2.83. The van der Waals surface area contributed by atoms with E-state index in [1.54, 1.807) is 11.1 Å². The standard InChI is InChI=1S/C21H24ClN5O3/c22-14-7-16-20(24-9-14)27-6-5-26(10-19(27)25-16)21(29)18(28)12-30-11-17-15-4-2-1-3-13(15)8-23-17/h1-4,7,9,17-19,23,25,28H,5-6,8,10-12H2. The number of rotatable bonds is 5. The number of aliphatic hydroxyl groups is 1. The topological polar surface area (TPSA) is 90.0 Å². The average molecular weight is 430 g/mol. The van der Waals surface area contributed by atoms with Crippen LogP contribution in [0.2, 0.25) is 5.02 Å². The van der Waals surface area contributed by atoms with Gasteiger partial charge in [-0.2, -0.15) is 0 Å². The second-order valence-electron chi connectivity index (χ2n) is 7.85. The number of anilines is 2. The summed E-state index contributed by atoms with van der Waals surface area (Å²) in [5, 5.41) is 17.7. The van der Waals surface area contributed by atoms with Gasteiger partial charge in [-0.05, 0) is 17.2 Å². The Morgan fingerprint density at radius 1 is 1.37 bits per heavy atom. The smallest absolute Gasteiger partial charge is 0.254 e. The van der Waals surface area contributed by atoms with Gasteiger partial charge in [-0.15, -0.1) is 0 Å². The molecular formula is C21H24ClN5O3. The highest BCUT2D eigenvalue weighted by Gasteiger charge is 2.37. The van der Waals surface area contributed by atoms with Crippen molar-refractivity contribution in [2.24, 2.45) is 0 Å². The molecule has 1 fully saturated rings. The number of hydrogen-bond acceptors (Lipinski definition) is 7. The molecule has 9 heteroatoms. The summed E-state index contributed by atoms with van der Waals surface area (Å²) in [6.07, 6.45) is 0.376. The molecule has 0 radical (unpaired) electrons. The van der Waals surface area contributed by atoms with Crippen molar-refractivity contribution < 1.29 is 14.6 Å². The number of fused-ring (bicyclic) bond motifs is 4. The number of carbonyl (C=O) groups is 1. The molecule has 3 atom stereocenters. The van der Waals surface area contributed by atoms with Gasteiger partial charge < -0.3 is 30.3 Å². The number of pyridine rings is 1. The van der Waals surface area contributed by atoms with Crippen LogP contribution in [0.1, 0.15) is 17.2 Å². The Morgan fingerprint density at radius 2 is 2.23 bits per heavy atom. The lowest BCUT2D eigenvalue weighted by molar-refractivity contribution is -0.144. The van der Waals surface area contributed by atoms with Crippen LogP contribution in [0.5, 0.6) is 0 Å². The molecule has 1 amide bonds. The van der Waals surface area contributed by atoms with Crippen LogP contribution >= 0.6 is 11.6 Å². The molecule has 5 rings (SSSR count). The van der Waals surface area contributed by atoms with E-state index in [2.05, 4.69) is 32.7 Å². The molecule has 1 saturated heterocycles. The molecule has 1 aromatic heterocycles. The Kier molecular flexibility index (Phi) is 5.24. The molecule has 0 aliphatic carbocycles. The molecule has 3 unspecified atom stereocenters. The largest absolute Gasteiger partial charge is 0.381 e. The highest BCUT2D eigenvalue weighted by Crippen LogP contribution is 2.35. The summed E-state index contributed by atoms with van der Waals surface area (Å²) in [5.41, 5.74) is 3.35. The van der Waals surface area contributed by atoms with Crippen molar-refractivity contribution in [3.63, 3.8) is 0 Å². The Morgan fingerprint density at radius 3 is 3.13 bits per heavy atom. The quantitative estimate of drug-likeness (QED) is 0.661. The number of nitrogens with zero attached hydrogens (tertiary/aromatic N) is 3. The second kappa shape index (κ2) is 8.03. The van der Waals surface area contributed by atoms with Gasteiger partial charge >= 0.3 is 0 Å². The number of piperazine rings is 1. The average Bonchev–Trinajstić information content (AvgIpc) is 3.33. The van der Waals surface area contributed by atoms with Gasteiger partial charge in [0, 0.05) is 25.8 Å². The predicted octanol–water partition coefficient (Wildman–Crippen LogP) is 1.36. The molecule has 3 N–H and O–H groups in total. The number of carbonyl (C=O) groups excluding carboxylic acids is 1. The van der Waals surface area contributed by atoms with Gasteiger partial charge in [-0.25, -0.2) is 4.98 Å². The Balaban J connectivity index is 1.13. The molecule has 2 aromatic rings. The van der Waals surface area contributed by atoms with E-state index in [1.807, 2.05) is 18.2 Å². The van der Waals surface area contributed by atoms with Crippen LogP contribution in [0.4, 0.5) is 11.5 Å². The Hall–Kier alpha value is -2.39. The van der Waals surface area contributed by atoms with Gasteiger partial charge in [0.05, 0.1) is 36.5 Å². The summed E-state index contributed by atoms with van der Waals surface area (Å²) in [5.74, 6) is 0.544. The molecule has 0 spiro atoms. The minimum Gasteiger partial charge on any atom is -0.381 e. The molecule has 0 bridgehead atoms. The zero-order chi connectivity index (χ0) is 20.7. The molecule has 3 aliphatic heterocycles. The van der Waals surface area contributed by atoms with Gasteiger partial charge in [-0.1, -0.05) is 35.9 Å². The number of nitrogens with one attached hydrogen (secondary N) is 2. The lowest BCUT2D eigenvalue weighted by Gasteiger charge is -2.38. The van der Waals surface area contributed by atoms with E-state index in [0.29, 0.717) is 31.3 Å². The normalized spacial score (nSPS) is 22.9. The molecular weight excluding hydrogens is 406 g/mol. The van der Waals surface area contributed by atoms with Crippen molar-refractivity contribution in [3.8, 4) is 0 Å². The third-order valence-corrected chi connectivity index (χ3v) is 6.14. The summed E-state index contributed by atoms with van der Waals surface area (Å²) in [6, 6.07) is 10.1. The van der Waals surface area contributed by atoms with E-state index in [4.69, 9.17) is 16.3 Å². The fraction of sp³-hybridized carbons (Fsp3) is 0.429. The fourth-order valence-electron chi connectivity index (χ4n) is 4.41. The second-order valence-corrected chi connectivity index (χ2v) is 8.28. The van der Waals surface area contributed by atoms with Gasteiger partial charge in [0.1, 0.15) is 6.17 Å². The predicted molar refractivity (Wildman–Crippen MR) is 113 cm³/mol. The zero-order valence-corrected chi connectivity index (χ0v) is 17.2. The zero-order valence-electron chi connectivity index (χ0n) is 16.4. The van der Waals surface area contributed by atoms with Crippen molar-refractivity contribution in [3.05, 3.63) is 52.7 Å². The van der Waals surface area contributed by atoms with Crippen LogP contribution in [0, 0.1) is 0 Å². The first-order valence-electron chi connectivity index (χ1n) is 10.1. The number of benzene rings is 1. The highest BCUT2D eigenvalue weighted by atomic mass is 35.5. The number of hydrogen-bond donors (Lipinski definition) is 3. The minimum absolute atomic E-state index is 0.0190. The maximum Gasteiger partial charge on any atom is 0.254 e. The van der Waals surface area contributed by atoms with Gasteiger partial charge in [0.15, 0.2) is 11.9 Å². The number of aromatic nitrogens is 1. The number of amides is 1. The van der Waals surface area contributed by atoms with Gasteiger partial charge in [0.25, 0.3) is 5.91 Å². The van der Waals surface area contributed by atoms with Crippen LogP contribution < -0.4 is 15.5 Å². The monoisotopic (exact) mass is 429 g/mol. The number of ether oxygens (including phenoxy) is 1.